The Hall–Kier alpha value is -6.40. The third kappa shape index (κ3) is 5.82. The quantitative estimate of drug-likeness (QED) is 0.186. The standard InChI is InChI=1S/C44H42F2N10O5S/c1-23-16-27(17-24(2)35(23)45)56-37(54-14-13-53(42(54)59)32-7-6-31-28(36(32)46)21-47-51(31)5)29-22-52(12-8-30(29)49-56)38(57)33-18-26-19-34(25-9-15-60-43(3,4)20-25)62-39(26)55(33)44(10-11-44)40-48-41(58)61-50-40/h6-7,13-14,16-19,21,25H,8-12,15,20,22H2,1-5H3,(H,48,50,58)/t25-/m0/s1. The van der Waals surface area contributed by atoms with E-state index in [9.17, 15) is 9.59 Å². The van der Waals surface area contributed by atoms with Crippen molar-refractivity contribution in [2.45, 2.75) is 83.4 Å². The molecule has 0 unspecified atom stereocenters. The third-order valence-corrected chi connectivity index (χ3v) is 14.2. The van der Waals surface area contributed by atoms with Crippen molar-refractivity contribution in [1.82, 2.24) is 48.3 Å². The van der Waals surface area contributed by atoms with E-state index in [0.717, 1.165) is 23.1 Å². The van der Waals surface area contributed by atoms with Crippen molar-refractivity contribution < 1.29 is 22.8 Å². The van der Waals surface area contributed by atoms with Gasteiger partial charge >= 0.3 is 11.4 Å². The number of carbonyl (C=O) groups is 1. The zero-order valence-electron chi connectivity index (χ0n) is 34.7. The zero-order valence-corrected chi connectivity index (χ0v) is 35.5. The van der Waals surface area contributed by atoms with E-state index in [1.807, 2.05) is 10.6 Å². The van der Waals surface area contributed by atoms with Gasteiger partial charge in [0, 0.05) is 54.8 Å². The summed E-state index contributed by atoms with van der Waals surface area (Å²) in [6, 6.07) is 10.7. The van der Waals surface area contributed by atoms with E-state index in [2.05, 4.69) is 35.2 Å². The van der Waals surface area contributed by atoms with Gasteiger partial charge < -0.3 is 14.2 Å². The van der Waals surface area contributed by atoms with E-state index in [0.29, 0.717) is 89.3 Å². The highest BCUT2D eigenvalue weighted by Gasteiger charge is 2.53. The number of benzene rings is 2. The summed E-state index contributed by atoms with van der Waals surface area (Å²) in [6.07, 6.45) is 7.89. The highest BCUT2D eigenvalue weighted by Crippen LogP contribution is 2.53. The van der Waals surface area contributed by atoms with Gasteiger partial charge in [0.25, 0.3) is 5.91 Å². The molecule has 0 spiro atoms. The largest absolute Gasteiger partial charge is 0.438 e. The molecule has 1 saturated heterocycles. The number of fused-ring (bicyclic) bond motifs is 3. The number of aryl methyl sites for hydroxylation is 3. The fourth-order valence-electron chi connectivity index (χ4n) is 9.65. The number of carbonyl (C=O) groups excluding carboxylic acids is 1. The SMILES string of the molecule is Cc1cc(-n2nc3c(c2-n2ccn(-c4ccc5c(cnn5C)c4F)c2=O)CN(C(=O)c2cc4cc([C@H]5CCOC(C)(C)C5)sc4n2C2(c4noc(=O)[nH]4)CC2)CC3)cc(C)c1F. The smallest absolute Gasteiger partial charge is 0.376 e. The maximum absolute atomic E-state index is 16.0. The molecule has 1 saturated carbocycles. The lowest BCUT2D eigenvalue weighted by Gasteiger charge is -2.35. The van der Waals surface area contributed by atoms with E-state index in [4.69, 9.17) is 14.4 Å². The number of amides is 1. The number of ether oxygens (including phenoxy) is 1. The summed E-state index contributed by atoms with van der Waals surface area (Å²) in [5, 5.41) is 14.5. The van der Waals surface area contributed by atoms with Crippen molar-refractivity contribution in [2.75, 3.05) is 13.2 Å². The van der Waals surface area contributed by atoms with Gasteiger partial charge in [-0.25, -0.2) is 23.1 Å². The number of aromatic amines is 1. The number of nitrogens with zero attached hydrogens (tertiary/aromatic N) is 9. The fourth-order valence-corrected chi connectivity index (χ4v) is 11.0. The van der Waals surface area contributed by atoms with Crippen molar-refractivity contribution in [2.24, 2.45) is 7.05 Å². The summed E-state index contributed by atoms with van der Waals surface area (Å²) >= 11 is 1.66. The monoisotopic (exact) mass is 860 g/mol. The Kier molecular flexibility index (Phi) is 8.42. The molecule has 2 aliphatic heterocycles. The molecule has 8 aromatic rings. The van der Waals surface area contributed by atoms with Gasteiger partial charge in [0.1, 0.15) is 27.7 Å². The molecule has 2 aromatic carbocycles. The number of hydrogen-bond donors (Lipinski definition) is 1. The second-order valence-corrected chi connectivity index (χ2v) is 18.6. The zero-order chi connectivity index (χ0) is 43.0. The summed E-state index contributed by atoms with van der Waals surface area (Å²) in [6.45, 7) is 8.64. The number of H-pyrrole nitrogens is 1. The molecule has 2 fully saturated rings. The lowest BCUT2D eigenvalue weighted by atomic mass is 9.87. The van der Waals surface area contributed by atoms with E-state index < -0.39 is 22.8 Å². The van der Waals surface area contributed by atoms with Crippen LogP contribution in [-0.4, -0.2) is 73.0 Å². The topological polar surface area (TPSA) is 156 Å². The molecule has 6 aromatic heterocycles. The number of hydrogen-bond acceptors (Lipinski definition) is 9. The van der Waals surface area contributed by atoms with Gasteiger partial charge in [-0.3, -0.25) is 28.1 Å². The molecule has 0 bridgehead atoms. The van der Waals surface area contributed by atoms with E-state index in [1.54, 1.807) is 77.0 Å². The average molecular weight is 861 g/mol. The highest BCUT2D eigenvalue weighted by atomic mass is 32.1. The Balaban J connectivity index is 1.03. The highest BCUT2D eigenvalue weighted by molar-refractivity contribution is 7.18. The number of halogens is 2. The summed E-state index contributed by atoms with van der Waals surface area (Å²) in [7, 11) is 1.72. The Bertz CT molecular complexity index is 3260. The first-order chi connectivity index (χ1) is 29.7. The molecule has 1 amide bonds. The maximum Gasteiger partial charge on any atom is 0.438 e. The molecule has 62 heavy (non-hydrogen) atoms. The normalized spacial score (nSPS) is 18.2. The van der Waals surface area contributed by atoms with Crippen LogP contribution in [0.2, 0.25) is 0 Å². The first-order valence-corrected chi connectivity index (χ1v) is 21.5. The minimum atomic E-state index is -0.782. The molecule has 1 atom stereocenters. The molecule has 318 valence electrons. The van der Waals surface area contributed by atoms with Gasteiger partial charge in [-0.15, -0.1) is 11.3 Å². The van der Waals surface area contributed by atoms with Crippen molar-refractivity contribution in [1.29, 1.82) is 0 Å². The first-order valence-electron chi connectivity index (χ1n) is 20.7. The molecule has 18 heteroatoms. The Labute approximate surface area is 355 Å². The van der Waals surface area contributed by atoms with Crippen LogP contribution >= 0.6 is 11.3 Å². The minimum Gasteiger partial charge on any atom is -0.376 e. The van der Waals surface area contributed by atoms with Gasteiger partial charge in [0.15, 0.2) is 11.6 Å². The Morgan fingerprint density at radius 2 is 1.79 bits per heavy atom. The predicted octanol–water partition coefficient (Wildman–Crippen LogP) is 6.70. The van der Waals surface area contributed by atoms with E-state index in [-0.39, 0.29) is 34.9 Å². The molecule has 0 radical (unpaired) electrons. The van der Waals surface area contributed by atoms with Crippen LogP contribution in [0.3, 0.4) is 0 Å². The van der Waals surface area contributed by atoms with Crippen molar-refractivity contribution >= 4 is 38.4 Å². The van der Waals surface area contributed by atoms with Gasteiger partial charge in [-0.1, -0.05) is 5.16 Å². The Morgan fingerprint density at radius 1 is 1.02 bits per heavy atom. The third-order valence-electron chi connectivity index (χ3n) is 12.9. The molecule has 1 N–H and O–H groups in total. The number of imidazole rings is 1. The number of nitrogens with one attached hydrogen (secondary N) is 1. The van der Waals surface area contributed by atoms with Gasteiger partial charge in [-0.05, 0) is 107 Å². The summed E-state index contributed by atoms with van der Waals surface area (Å²) < 4.78 is 49.9. The van der Waals surface area contributed by atoms with Crippen LogP contribution in [0.5, 0.6) is 0 Å². The van der Waals surface area contributed by atoms with E-state index >= 15 is 13.6 Å². The molecular formula is C44H42F2N10O5S. The molecule has 1 aliphatic carbocycles. The van der Waals surface area contributed by atoms with Crippen LogP contribution in [0.1, 0.15) is 89.0 Å². The maximum atomic E-state index is 16.0. The Morgan fingerprint density at radius 3 is 2.52 bits per heavy atom. The molecule has 3 aliphatic rings. The number of aromatic nitrogens is 9. The molecular weight excluding hydrogens is 819 g/mol. The number of thiophene rings is 1. The average Bonchev–Trinajstić information content (AvgIpc) is 3.84. The van der Waals surface area contributed by atoms with Crippen LogP contribution in [0, 0.1) is 25.5 Å². The fraction of sp³-hybridized carbons (Fsp3) is 0.364. The van der Waals surface area contributed by atoms with Crippen molar-refractivity contribution in [3.8, 4) is 17.2 Å². The van der Waals surface area contributed by atoms with Crippen molar-refractivity contribution in [3.63, 3.8) is 0 Å². The van der Waals surface area contributed by atoms with Gasteiger partial charge in [0.2, 0.25) is 0 Å². The molecule has 15 nitrogen and oxygen atoms in total. The van der Waals surface area contributed by atoms with Gasteiger partial charge in [0.05, 0.1) is 46.3 Å². The van der Waals surface area contributed by atoms with Crippen LogP contribution in [-0.2, 0) is 30.3 Å². The van der Waals surface area contributed by atoms with Crippen LogP contribution in [0.15, 0.2) is 69.1 Å². The first kappa shape index (κ1) is 38.5. The predicted molar refractivity (Wildman–Crippen MR) is 226 cm³/mol. The summed E-state index contributed by atoms with van der Waals surface area (Å²) in [5.41, 5.74) is 2.10. The van der Waals surface area contributed by atoms with E-state index in [1.165, 1.54) is 26.4 Å². The summed E-state index contributed by atoms with van der Waals surface area (Å²) in [4.78, 5) is 48.6. The number of rotatable bonds is 7. The second-order valence-electron chi connectivity index (χ2n) is 17.5. The lowest BCUT2D eigenvalue weighted by Crippen LogP contribution is -2.38. The minimum absolute atomic E-state index is 0.0475. The van der Waals surface area contributed by atoms with Crippen LogP contribution in [0.4, 0.5) is 8.78 Å². The van der Waals surface area contributed by atoms with Crippen molar-refractivity contribution in [3.05, 3.63) is 126 Å². The van der Waals surface area contributed by atoms with Gasteiger partial charge in [-0.2, -0.15) is 10.2 Å². The van der Waals surface area contributed by atoms with Crippen LogP contribution in [0.25, 0.3) is 38.3 Å². The molecule has 11 rings (SSSR count). The second kappa shape index (κ2) is 13.5. The molecule has 8 heterocycles. The lowest BCUT2D eigenvalue weighted by molar-refractivity contribution is -0.0588. The summed E-state index contributed by atoms with van der Waals surface area (Å²) in [5.74, 6) is -0.826. The van der Waals surface area contributed by atoms with Crippen LogP contribution < -0.4 is 11.4 Å².